The van der Waals surface area contributed by atoms with Gasteiger partial charge < -0.3 is 4.57 Å². The number of nitrogens with zero attached hydrogens (tertiary/aromatic N) is 6. The molecule has 9 heteroatoms. The first-order valence-electron chi connectivity index (χ1n) is 9.17. The van der Waals surface area contributed by atoms with Crippen LogP contribution in [0, 0.1) is 0 Å². The lowest BCUT2D eigenvalue weighted by molar-refractivity contribution is -0.148. The monoisotopic (exact) mass is 384 g/mol. The summed E-state index contributed by atoms with van der Waals surface area (Å²) >= 11 is 0. The summed E-state index contributed by atoms with van der Waals surface area (Å²) in [6.45, 7) is 12.5. The van der Waals surface area contributed by atoms with E-state index in [1.165, 1.54) is 15.8 Å². The highest BCUT2D eigenvalue weighted by molar-refractivity contribution is 5.35. The summed E-state index contributed by atoms with van der Waals surface area (Å²) in [4.78, 5) is 2.09. The third-order valence-corrected chi connectivity index (χ3v) is 4.92. The molecule has 3 heterocycles. The van der Waals surface area contributed by atoms with E-state index < -0.39 is 12.0 Å². The van der Waals surface area contributed by atoms with Crippen molar-refractivity contribution >= 4 is 0 Å². The van der Waals surface area contributed by atoms with Gasteiger partial charge in [-0.15, -0.1) is 10.2 Å². The molecule has 27 heavy (non-hydrogen) atoms. The fourth-order valence-electron chi connectivity index (χ4n) is 3.95. The van der Waals surface area contributed by atoms with Crippen LogP contribution in [0.5, 0.6) is 0 Å². The van der Waals surface area contributed by atoms with Gasteiger partial charge in [0.25, 0.3) is 0 Å². The summed E-state index contributed by atoms with van der Waals surface area (Å²) < 4.78 is 42.2. The quantitative estimate of drug-likeness (QED) is 0.813. The average Bonchev–Trinajstić information content (AvgIpc) is 3.06. The van der Waals surface area contributed by atoms with Crippen LogP contribution in [0.1, 0.15) is 69.1 Å². The molecule has 0 aliphatic carbocycles. The molecule has 0 amide bonds. The van der Waals surface area contributed by atoms with E-state index in [0.29, 0.717) is 31.4 Å². The molecule has 0 bridgehead atoms. The highest BCUT2D eigenvalue weighted by atomic mass is 19.4. The lowest BCUT2D eigenvalue weighted by Gasteiger charge is -2.29. The Balaban J connectivity index is 1.88. The number of hydrogen-bond donors (Lipinski definition) is 0. The minimum Gasteiger partial charge on any atom is -0.305 e. The maximum Gasteiger partial charge on any atom is 0.451 e. The van der Waals surface area contributed by atoms with Crippen molar-refractivity contribution < 1.29 is 13.2 Å². The van der Waals surface area contributed by atoms with Crippen LogP contribution < -0.4 is 0 Å². The van der Waals surface area contributed by atoms with E-state index in [1.54, 1.807) is 0 Å². The fraction of sp³-hybridized carbons (Fsp3) is 0.722. The number of aromatic nitrogens is 5. The smallest absolute Gasteiger partial charge is 0.305 e. The second-order valence-electron chi connectivity index (χ2n) is 8.54. The first-order valence-corrected chi connectivity index (χ1v) is 9.17. The van der Waals surface area contributed by atoms with Gasteiger partial charge in [0.15, 0.2) is 0 Å². The topological polar surface area (TPSA) is 51.8 Å². The molecule has 0 atom stereocenters. The molecular formula is C18H27F3N6. The number of halogens is 3. The summed E-state index contributed by atoms with van der Waals surface area (Å²) in [6.07, 6.45) is -4.47. The van der Waals surface area contributed by atoms with Crippen LogP contribution in [-0.4, -0.2) is 36.0 Å². The average molecular weight is 384 g/mol. The van der Waals surface area contributed by atoms with Crippen LogP contribution in [0.3, 0.4) is 0 Å². The Morgan fingerprint density at radius 3 is 2.30 bits per heavy atom. The van der Waals surface area contributed by atoms with Crippen LogP contribution in [0.15, 0.2) is 0 Å². The van der Waals surface area contributed by atoms with Gasteiger partial charge in [0.1, 0.15) is 5.82 Å². The number of fused-ring (bicyclic) bond motifs is 1. The van der Waals surface area contributed by atoms with Crippen molar-refractivity contribution in [3.63, 3.8) is 0 Å². The molecule has 0 saturated carbocycles. The molecule has 0 saturated heterocycles. The molecule has 0 fully saturated rings. The van der Waals surface area contributed by atoms with E-state index in [2.05, 4.69) is 49.7 Å². The highest BCUT2D eigenvalue weighted by Gasteiger charge is 2.39. The van der Waals surface area contributed by atoms with E-state index in [9.17, 15) is 13.2 Å². The third kappa shape index (κ3) is 3.74. The van der Waals surface area contributed by atoms with Crippen LogP contribution in [0.2, 0.25) is 0 Å². The Kier molecular flexibility index (Phi) is 4.86. The van der Waals surface area contributed by atoms with Crippen molar-refractivity contribution in [2.45, 2.75) is 71.8 Å². The largest absolute Gasteiger partial charge is 0.451 e. The zero-order chi connectivity index (χ0) is 20.1. The second kappa shape index (κ2) is 6.61. The van der Waals surface area contributed by atoms with Gasteiger partial charge in [-0.3, -0.25) is 9.58 Å². The summed E-state index contributed by atoms with van der Waals surface area (Å²) in [5, 5.41) is 11.9. The van der Waals surface area contributed by atoms with Gasteiger partial charge in [0, 0.05) is 37.9 Å². The number of hydrogen-bond acceptors (Lipinski definition) is 4. The van der Waals surface area contributed by atoms with Crippen molar-refractivity contribution in [2.75, 3.05) is 6.54 Å². The SMILES string of the molecule is CC(C)c1c(C(C)(C)C)c(CN2CCn3c(nnc3C(F)(F)F)C2)nn1C. The van der Waals surface area contributed by atoms with Gasteiger partial charge in [-0.05, 0) is 11.3 Å². The van der Waals surface area contributed by atoms with Gasteiger partial charge in [0.05, 0.1) is 12.2 Å². The normalized spacial score (nSPS) is 16.2. The summed E-state index contributed by atoms with van der Waals surface area (Å²) in [6, 6.07) is 0. The fourth-order valence-corrected chi connectivity index (χ4v) is 3.95. The maximum atomic E-state index is 13.0. The van der Waals surface area contributed by atoms with E-state index in [-0.39, 0.29) is 12.0 Å². The summed E-state index contributed by atoms with van der Waals surface area (Å²) in [5.41, 5.74) is 3.35. The third-order valence-electron chi connectivity index (χ3n) is 4.92. The van der Waals surface area contributed by atoms with Crippen molar-refractivity contribution in [3.05, 3.63) is 28.6 Å². The Morgan fingerprint density at radius 1 is 1.07 bits per heavy atom. The molecule has 0 radical (unpaired) electrons. The van der Waals surface area contributed by atoms with E-state index in [4.69, 9.17) is 5.10 Å². The van der Waals surface area contributed by atoms with Crippen LogP contribution in [0.25, 0.3) is 0 Å². The molecule has 3 rings (SSSR count). The number of aryl methyl sites for hydroxylation is 1. The number of alkyl halides is 3. The molecule has 1 aliphatic heterocycles. The zero-order valence-corrected chi connectivity index (χ0v) is 16.7. The first kappa shape index (κ1) is 19.9. The first-order chi connectivity index (χ1) is 12.4. The zero-order valence-electron chi connectivity index (χ0n) is 16.7. The molecule has 0 unspecified atom stereocenters. The van der Waals surface area contributed by atoms with Gasteiger partial charge in [-0.2, -0.15) is 18.3 Å². The van der Waals surface area contributed by atoms with Crippen molar-refractivity contribution in [1.82, 2.24) is 29.4 Å². The van der Waals surface area contributed by atoms with E-state index >= 15 is 0 Å². The van der Waals surface area contributed by atoms with Crippen LogP contribution in [0.4, 0.5) is 13.2 Å². The molecule has 150 valence electrons. The Morgan fingerprint density at radius 2 is 1.74 bits per heavy atom. The number of rotatable bonds is 3. The summed E-state index contributed by atoms with van der Waals surface area (Å²) in [7, 11) is 1.95. The van der Waals surface area contributed by atoms with Gasteiger partial charge >= 0.3 is 6.18 Å². The predicted molar refractivity (Wildman–Crippen MR) is 95.1 cm³/mol. The van der Waals surface area contributed by atoms with Crippen LogP contribution in [-0.2, 0) is 38.3 Å². The Hall–Kier alpha value is -1.90. The minimum absolute atomic E-state index is 0.0670. The van der Waals surface area contributed by atoms with Crippen LogP contribution >= 0.6 is 0 Å². The molecule has 0 spiro atoms. The molecular weight excluding hydrogens is 357 g/mol. The second-order valence-corrected chi connectivity index (χ2v) is 8.54. The van der Waals surface area contributed by atoms with Gasteiger partial charge in [-0.25, -0.2) is 0 Å². The van der Waals surface area contributed by atoms with E-state index in [1.807, 2.05) is 11.7 Å². The van der Waals surface area contributed by atoms with Crippen molar-refractivity contribution in [2.24, 2.45) is 7.05 Å². The Labute approximate surface area is 157 Å². The lowest BCUT2D eigenvalue weighted by atomic mass is 9.82. The molecule has 1 aliphatic rings. The Bertz CT molecular complexity index is 825. The lowest BCUT2D eigenvalue weighted by Crippen LogP contribution is -2.35. The molecule has 0 N–H and O–H groups in total. The maximum absolute atomic E-state index is 13.0. The van der Waals surface area contributed by atoms with Crippen molar-refractivity contribution in [3.8, 4) is 0 Å². The van der Waals surface area contributed by atoms with E-state index in [0.717, 1.165) is 5.69 Å². The molecule has 6 nitrogen and oxygen atoms in total. The summed E-state index contributed by atoms with van der Waals surface area (Å²) in [5.74, 6) is -0.220. The predicted octanol–water partition coefficient (Wildman–Crippen LogP) is 3.47. The standard InChI is InChI=1S/C18H27F3N6/c1-11(2)15-14(17(3,4)5)12(24-25(15)6)9-26-7-8-27-13(10-26)22-23-16(27)18(19,20)21/h11H,7-10H2,1-6H3. The highest BCUT2D eigenvalue weighted by Crippen LogP contribution is 2.34. The molecule has 2 aromatic heterocycles. The van der Waals surface area contributed by atoms with Crippen molar-refractivity contribution in [1.29, 1.82) is 0 Å². The minimum atomic E-state index is -4.47. The molecule has 0 aromatic carbocycles. The van der Waals surface area contributed by atoms with Gasteiger partial charge in [-0.1, -0.05) is 34.6 Å². The molecule has 2 aromatic rings. The van der Waals surface area contributed by atoms with Gasteiger partial charge in [0.2, 0.25) is 5.82 Å².